The zero-order valence-electron chi connectivity index (χ0n) is 11.6. The molecular weight excluding hydrogens is 316 g/mol. The van der Waals surface area contributed by atoms with E-state index >= 15 is 0 Å². The Balaban J connectivity index is 2.44. The second-order valence-electron chi connectivity index (χ2n) is 4.63. The third kappa shape index (κ3) is 2.91. The molecule has 2 N–H and O–H groups in total. The first-order valence-electron chi connectivity index (χ1n) is 6.29. The maximum absolute atomic E-state index is 12.6. The SMILES string of the molecule is C=C(C(=O)C(=C)c1c(O)cccc1S)c1c(O)cccc1S. The zero-order chi connectivity index (χ0) is 16.4. The van der Waals surface area contributed by atoms with E-state index in [1.165, 1.54) is 12.1 Å². The monoisotopic (exact) mass is 330 g/mol. The lowest BCUT2D eigenvalue weighted by Gasteiger charge is -2.13. The molecule has 0 unspecified atom stereocenters. The Bertz CT molecular complexity index is 688. The maximum atomic E-state index is 12.6. The molecule has 0 amide bonds. The van der Waals surface area contributed by atoms with E-state index in [1.807, 2.05) is 0 Å². The van der Waals surface area contributed by atoms with Crippen LogP contribution in [0.25, 0.3) is 11.1 Å². The average Bonchev–Trinajstić information content (AvgIpc) is 2.45. The van der Waals surface area contributed by atoms with Gasteiger partial charge in [0.15, 0.2) is 5.78 Å². The van der Waals surface area contributed by atoms with E-state index in [4.69, 9.17) is 0 Å². The van der Waals surface area contributed by atoms with Gasteiger partial charge in [0.1, 0.15) is 11.5 Å². The van der Waals surface area contributed by atoms with E-state index in [-0.39, 0.29) is 33.8 Å². The molecule has 2 aromatic carbocycles. The van der Waals surface area contributed by atoms with Gasteiger partial charge >= 0.3 is 0 Å². The van der Waals surface area contributed by atoms with Gasteiger partial charge in [-0.3, -0.25) is 4.79 Å². The van der Waals surface area contributed by atoms with Crippen molar-refractivity contribution in [2.75, 3.05) is 0 Å². The lowest BCUT2D eigenvalue weighted by atomic mass is 9.93. The Hall–Kier alpha value is -2.11. The fraction of sp³-hybridized carbons (Fsp3) is 0. The van der Waals surface area contributed by atoms with Gasteiger partial charge in [-0.15, -0.1) is 25.3 Å². The lowest BCUT2D eigenvalue weighted by Crippen LogP contribution is -2.05. The van der Waals surface area contributed by atoms with Crippen molar-refractivity contribution in [2.45, 2.75) is 9.79 Å². The number of thiol groups is 2. The van der Waals surface area contributed by atoms with Crippen LogP contribution in [0.4, 0.5) is 0 Å². The molecule has 112 valence electrons. The molecule has 0 atom stereocenters. The number of phenolic OH excluding ortho intramolecular Hbond substituents is 2. The second kappa shape index (κ2) is 6.34. The Morgan fingerprint density at radius 2 is 1.18 bits per heavy atom. The molecule has 3 nitrogen and oxygen atoms in total. The van der Waals surface area contributed by atoms with Crippen molar-refractivity contribution in [1.29, 1.82) is 0 Å². The summed E-state index contributed by atoms with van der Waals surface area (Å²) in [6.07, 6.45) is 0. The molecule has 2 rings (SSSR count). The van der Waals surface area contributed by atoms with Crippen LogP contribution in [0.1, 0.15) is 11.1 Å². The highest BCUT2D eigenvalue weighted by Gasteiger charge is 2.22. The summed E-state index contributed by atoms with van der Waals surface area (Å²) in [7, 11) is 0. The van der Waals surface area contributed by atoms with E-state index < -0.39 is 5.78 Å². The molecule has 0 saturated carbocycles. The summed E-state index contributed by atoms with van der Waals surface area (Å²) in [4.78, 5) is 13.4. The number of rotatable bonds is 4. The summed E-state index contributed by atoms with van der Waals surface area (Å²) in [5.74, 6) is -0.697. The van der Waals surface area contributed by atoms with Crippen molar-refractivity contribution in [3.8, 4) is 11.5 Å². The molecule has 0 fully saturated rings. The van der Waals surface area contributed by atoms with Crippen LogP contribution < -0.4 is 0 Å². The predicted molar refractivity (Wildman–Crippen MR) is 93.8 cm³/mol. The number of benzene rings is 2. The van der Waals surface area contributed by atoms with Crippen LogP contribution >= 0.6 is 25.3 Å². The fourth-order valence-corrected chi connectivity index (χ4v) is 2.76. The fourth-order valence-electron chi connectivity index (χ4n) is 2.08. The van der Waals surface area contributed by atoms with Gasteiger partial charge in [-0.2, -0.15) is 0 Å². The predicted octanol–water partition coefficient (Wildman–Crippen LogP) is 3.97. The van der Waals surface area contributed by atoms with Crippen LogP contribution in [-0.4, -0.2) is 16.0 Å². The van der Waals surface area contributed by atoms with Gasteiger partial charge in [-0.05, 0) is 24.3 Å². The van der Waals surface area contributed by atoms with Crippen LogP contribution in [-0.2, 0) is 4.79 Å². The summed E-state index contributed by atoms with van der Waals surface area (Å²) in [5, 5.41) is 19.8. The van der Waals surface area contributed by atoms with Gasteiger partial charge in [0.25, 0.3) is 0 Å². The largest absolute Gasteiger partial charge is 0.507 e. The molecular formula is C17H14O3S2. The molecule has 0 heterocycles. The Labute approximate surface area is 139 Å². The normalized spacial score (nSPS) is 10.3. The topological polar surface area (TPSA) is 57.5 Å². The van der Waals surface area contributed by atoms with Crippen LogP contribution in [0.15, 0.2) is 59.3 Å². The minimum Gasteiger partial charge on any atom is -0.507 e. The minimum atomic E-state index is -0.506. The lowest BCUT2D eigenvalue weighted by molar-refractivity contribution is -0.108. The number of aromatic hydroxyl groups is 2. The number of hydrogen-bond donors (Lipinski definition) is 4. The average molecular weight is 330 g/mol. The molecule has 0 aromatic heterocycles. The van der Waals surface area contributed by atoms with Crippen LogP contribution in [0, 0.1) is 0 Å². The maximum Gasteiger partial charge on any atom is 0.193 e. The number of ketones is 1. The first-order chi connectivity index (χ1) is 10.3. The van der Waals surface area contributed by atoms with Crippen LogP contribution in [0.5, 0.6) is 11.5 Å². The van der Waals surface area contributed by atoms with E-state index in [9.17, 15) is 15.0 Å². The molecule has 0 aliphatic rings. The molecule has 2 aromatic rings. The number of hydrogen-bond acceptors (Lipinski definition) is 5. The van der Waals surface area contributed by atoms with Crippen molar-refractivity contribution in [2.24, 2.45) is 0 Å². The van der Waals surface area contributed by atoms with Crippen LogP contribution in [0.2, 0.25) is 0 Å². The first-order valence-corrected chi connectivity index (χ1v) is 7.19. The van der Waals surface area contributed by atoms with Crippen molar-refractivity contribution >= 4 is 42.2 Å². The molecule has 5 heteroatoms. The Kier molecular flexibility index (Phi) is 4.68. The van der Waals surface area contributed by atoms with E-state index in [0.717, 1.165) is 0 Å². The van der Waals surface area contributed by atoms with Gasteiger partial charge in [-0.1, -0.05) is 25.3 Å². The van der Waals surface area contributed by atoms with Gasteiger partial charge in [-0.25, -0.2) is 0 Å². The Morgan fingerprint density at radius 3 is 1.50 bits per heavy atom. The molecule has 0 bridgehead atoms. The molecule has 0 aliphatic carbocycles. The van der Waals surface area contributed by atoms with Crippen LogP contribution in [0.3, 0.4) is 0 Å². The molecule has 22 heavy (non-hydrogen) atoms. The van der Waals surface area contributed by atoms with Crippen molar-refractivity contribution in [3.63, 3.8) is 0 Å². The number of allylic oxidation sites excluding steroid dienone is 2. The second-order valence-corrected chi connectivity index (χ2v) is 5.59. The Morgan fingerprint density at radius 1 is 0.818 bits per heavy atom. The summed E-state index contributed by atoms with van der Waals surface area (Å²) >= 11 is 8.46. The molecule has 0 saturated heterocycles. The molecule has 0 spiro atoms. The first kappa shape index (κ1) is 16.3. The summed E-state index contributed by atoms with van der Waals surface area (Å²) < 4.78 is 0. The van der Waals surface area contributed by atoms with Crippen molar-refractivity contribution < 1.29 is 15.0 Å². The number of phenols is 2. The van der Waals surface area contributed by atoms with E-state index in [1.54, 1.807) is 24.3 Å². The zero-order valence-corrected chi connectivity index (χ0v) is 13.4. The van der Waals surface area contributed by atoms with Gasteiger partial charge in [0.05, 0.1) is 0 Å². The van der Waals surface area contributed by atoms with E-state index in [2.05, 4.69) is 38.4 Å². The minimum absolute atomic E-state index is 0.0455. The number of Topliss-reactive ketones (excluding diaryl/α,β-unsaturated/α-hetero) is 1. The summed E-state index contributed by atoms with van der Waals surface area (Å²) in [5.41, 5.74) is 0.578. The summed E-state index contributed by atoms with van der Waals surface area (Å²) in [6.45, 7) is 7.45. The molecule has 0 radical (unpaired) electrons. The molecule has 0 aliphatic heterocycles. The standard InChI is InChI=1S/C17H14O3S2/c1-9(15-11(18)5-3-7-13(15)21)17(20)10(2)16-12(19)6-4-8-14(16)22/h3-8,18-19,21-22H,1-2H2. The highest BCUT2D eigenvalue weighted by molar-refractivity contribution is 7.80. The number of carbonyl (C=O) groups excluding carboxylic acids is 1. The highest BCUT2D eigenvalue weighted by Crippen LogP contribution is 2.36. The quantitative estimate of drug-likeness (QED) is 0.507. The van der Waals surface area contributed by atoms with Gasteiger partial charge in [0, 0.05) is 32.1 Å². The van der Waals surface area contributed by atoms with Gasteiger partial charge in [0.2, 0.25) is 0 Å². The summed E-state index contributed by atoms with van der Waals surface area (Å²) in [6, 6.07) is 9.40. The highest BCUT2D eigenvalue weighted by atomic mass is 32.1. The third-order valence-electron chi connectivity index (χ3n) is 3.19. The third-order valence-corrected chi connectivity index (χ3v) is 3.94. The van der Waals surface area contributed by atoms with Crippen molar-refractivity contribution in [1.82, 2.24) is 0 Å². The van der Waals surface area contributed by atoms with E-state index in [0.29, 0.717) is 9.79 Å². The van der Waals surface area contributed by atoms with Crippen molar-refractivity contribution in [3.05, 3.63) is 60.7 Å². The smallest absolute Gasteiger partial charge is 0.193 e. The number of carbonyl (C=O) groups is 1. The van der Waals surface area contributed by atoms with Gasteiger partial charge < -0.3 is 10.2 Å².